The minimum Gasteiger partial charge on any atom is -0.495 e. The lowest BCUT2D eigenvalue weighted by molar-refractivity contribution is 0.415. The Morgan fingerprint density at radius 1 is 1.16 bits per heavy atom. The molecule has 2 aromatic rings. The summed E-state index contributed by atoms with van der Waals surface area (Å²) in [4.78, 5) is 0. The number of alkyl halides is 1. The summed E-state index contributed by atoms with van der Waals surface area (Å²) in [6, 6.07) is 13.9. The van der Waals surface area contributed by atoms with Crippen LogP contribution in [0, 0.1) is 0 Å². The Morgan fingerprint density at radius 2 is 1.89 bits per heavy atom. The number of rotatable bonds is 4. The Labute approximate surface area is 124 Å². The SMILES string of the molecule is CCc1ccccc1C(Cl)c1ccc(OC)c(Cl)c1. The first kappa shape index (κ1) is 14.2. The van der Waals surface area contributed by atoms with Crippen molar-refractivity contribution in [3.8, 4) is 5.75 Å². The second-order valence-electron chi connectivity index (χ2n) is 4.31. The van der Waals surface area contributed by atoms with Crippen molar-refractivity contribution in [3.05, 3.63) is 64.2 Å². The van der Waals surface area contributed by atoms with E-state index in [1.807, 2.05) is 30.3 Å². The number of halogens is 2. The third-order valence-corrected chi connectivity index (χ3v) is 3.96. The van der Waals surface area contributed by atoms with Crippen molar-refractivity contribution >= 4 is 23.2 Å². The quantitative estimate of drug-likeness (QED) is 0.701. The fraction of sp³-hybridized carbons (Fsp3) is 0.250. The maximum atomic E-state index is 6.58. The Kier molecular flexibility index (Phi) is 4.73. The Balaban J connectivity index is 2.38. The van der Waals surface area contributed by atoms with Gasteiger partial charge in [0.2, 0.25) is 0 Å². The average Bonchev–Trinajstić information content (AvgIpc) is 2.46. The third-order valence-electron chi connectivity index (χ3n) is 3.18. The second kappa shape index (κ2) is 6.31. The van der Waals surface area contributed by atoms with Gasteiger partial charge in [-0.25, -0.2) is 0 Å². The molecule has 1 atom stereocenters. The minimum atomic E-state index is -0.195. The van der Waals surface area contributed by atoms with Gasteiger partial charge in [-0.15, -0.1) is 11.6 Å². The molecular weight excluding hydrogens is 279 g/mol. The van der Waals surface area contributed by atoms with Crippen LogP contribution in [0.1, 0.15) is 29.0 Å². The molecule has 0 amide bonds. The molecule has 2 rings (SSSR count). The lowest BCUT2D eigenvalue weighted by atomic mass is 9.98. The van der Waals surface area contributed by atoms with E-state index in [1.165, 1.54) is 5.56 Å². The topological polar surface area (TPSA) is 9.23 Å². The highest BCUT2D eigenvalue weighted by Gasteiger charge is 2.15. The monoisotopic (exact) mass is 294 g/mol. The van der Waals surface area contributed by atoms with Crippen LogP contribution in [-0.4, -0.2) is 7.11 Å². The van der Waals surface area contributed by atoms with Gasteiger partial charge in [0, 0.05) is 0 Å². The standard InChI is InChI=1S/C16H16Cl2O/c1-3-11-6-4-5-7-13(11)16(18)12-8-9-15(19-2)14(17)10-12/h4-10,16H,3H2,1-2H3. The maximum absolute atomic E-state index is 6.58. The van der Waals surface area contributed by atoms with Gasteiger partial charge in [-0.2, -0.15) is 0 Å². The van der Waals surface area contributed by atoms with Crippen LogP contribution in [0.15, 0.2) is 42.5 Å². The fourth-order valence-electron chi connectivity index (χ4n) is 2.12. The number of benzene rings is 2. The Bertz CT molecular complexity index is 566. The lowest BCUT2D eigenvalue weighted by Crippen LogP contribution is -1.98. The summed E-state index contributed by atoms with van der Waals surface area (Å²) < 4.78 is 5.16. The van der Waals surface area contributed by atoms with E-state index in [4.69, 9.17) is 27.9 Å². The number of hydrogen-bond acceptors (Lipinski definition) is 1. The lowest BCUT2D eigenvalue weighted by Gasteiger charge is -2.15. The third kappa shape index (κ3) is 3.05. The van der Waals surface area contributed by atoms with E-state index < -0.39 is 0 Å². The van der Waals surface area contributed by atoms with Gasteiger partial charge in [0.1, 0.15) is 5.75 Å². The number of ether oxygens (including phenoxy) is 1. The smallest absolute Gasteiger partial charge is 0.137 e. The van der Waals surface area contributed by atoms with Crippen LogP contribution in [-0.2, 0) is 6.42 Å². The fourth-order valence-corrected chi connectivity index (χ4v) is 2.74. The van der Waals surface area contributed by atoms with Crippen molar-refractivity contribution < 1.29 is 4.74 Å². The first-order valence-electron chi connectivity index (χ1n) is 6.22. The molecule has 2 aromatic carbocycles. The largest absolute Gasteiger partial charge is 0.495 e. The van der Waals surface area contributed by atoms with Crippen molar-refractivity contribution in [2.45, 2.75) is 18.7 Å². The van der Waals surface area contributed by atoms with Crippen molar-refractivity contribution in [2.24, 2.45) is 0 Å². The zero-order valence-electron chi connectivity index (χ0n) is 11.0. The minimum absolute atomic E-state index is 0.195. The molecule has 0 N–H and O–H groups in total. The van der Waals surface area contributed by atoms with Gasteiger partial charge >= 0.3 is 0 Å². The Hall–Kier alpha value is -1.18. The van der Waals surface area contributed by atoms with Crippen LogP contribution in [0.3, 0.4) is 0 Å². The van der Waals surface area contributed by atoms with Crippen LogP contribution >= 0.6 is 23.2 Å². The van der Waals surface area contributed by atoms with E-state index in [0.717, 1.165) is 17.5 Å². The van der Waals surface area contributed by atoms with Gasteiger partial charge in [0.15, 0.2) is 0 Å². The molecule has 0 spiro atoms. The molecule has 1 unspecified atom stereocenters. The molecule has 0 saturated carbocycles. The summed E-state index contributed by atoms with van der Waals surface area (Å²) in [5, 5.41) is 0.388. The predicted octanol–water partition coefficient (Wildman–Crippen LogP) is 5.24. The van der Waals surface area contributed by atoms with Crippen LogP contribution in [0.5, 0.6) is 5.75 Å². The summed E-state index contributed by atoms with van der Waals surface area (Å²) in [5.74, 6) is 0.665. The molecule has 3 heteroatoms. The molecule has 0 saturated heterocycles. The average molecular weight is 295 g/mol. The van der Waals surface area contributed by atoms with Crippen LogP contribution in [0.4, 0.5) is 0 Å². The van der Waals surface area contributed by atoms with Crippen molar-refractivity contribution in [3.63, 3.8) is 0 Å². The highest BCUT2D eigenvalue weighted by Crippen LogP contribution is 2.35. The zero-order chi connectivity index (χ0) is 13.8. The summed E-state index contributed by atoms with van der Waals surface area (Å²) >= 11 is 12.7. The predicted molar refractivity (Wildman–Crippen MR) is 81.5 cm³/mol. The van der Waals surface area contributed by atoms with E-state index in [2.05, 4.69) is 19.1 Å². The Morgan fingerprint density at radius 3 is 2.53 bits per heavy atom. The summed E-state index contributed by atoms with van der Waals surface area (Å²) in [6.45, 7) is 2.13. The molecule has 0 aromatic heterocycles. The zero-order valence-corrected chi connectivity index (χ0v) is 12.5. The van der Waals surface area contributed by atoms with Gasteiger partial charge < -0.3 is 4.74 Å². The normalized spacial score (nSPS) is 12.2. The van der Waals surface area contributed by atoms with Gasteiger partial charge in [-0.3, -0.25) is 0 Å². The molecule has 0 aliphatic carbocycles. The van der Waals surface area contributed by atoms with Crippen LogP contribution in [0.25, 0.3) is 0 Å². The molecule has 1 nitrogen and oxygen atoms in total. The molecule has 0 fully saturated rings. The van der Waals surface area contributed by atoms with E-state index in [1.54, 1.807) is 7.11 Å². The van der Waals surface area contributed by atoms with Gasteiger partial charge in [0.05, 0.1) is 17.5 Å². The summed E-state index contributed by atoms with van der Waals surface area (Å²) in [6.07, 6.45) is 0.962. The van der Waals surface area contributed by atoms with Crippen molar-refractivity contribution in [2.75, 3.05) is 7.11 Å². The highest BCUT2D eigenvalue weighted by atomic mass is 35.5. The van der Waals surface area contributed by atoms with Crippen LogP contribution in [0.2, 0.25) is 5.02 Å². The van der Waals surface area contributed by atoms with Crippen LogP contribution < -0.4 is 4.74 Å². The first-order chi connectivity index (χ1) is 9.17. The number of aryl methyl sites for hydroxylation is 1. The van der Waals surface area contributed by atoms with Gasteiger partial charge in [-0.1, -0.05) is 48.9 Å². The molecule has 0 aliphatic rings. The van der Waals surface area contributed by atoms with E-state index in [0.29, 0.717) is 10.8 Å². The molecule has 0 aliphatic heterocycles. The molecule has 100 valence electrons. The van der Waals surface area contributed by atoms with E-state index in [9.17, 15) is 0 Å². The molecule has 0 heterocycles. The molecular formula is C16H16Cl2O. The van der Waals surface area contributed by atoms with Gasteiger partial charge in [-0.05, 0) is 35.2 Å². The highest BCUT2D eigenvalue weighted by molar-refractivity contribution is 6.32. The second-order valence-corrected chi connectivity index (χ2v) is 5.15. The van der Waals surface area contributed by atoms with Crippen molar-refractivity contribution in [1.82, 2.24) is 0 Å². The van der Waals surface area contributed by atoms with Gasteiger partial charge in [0.25, 0.3) is 0 Å². The van der Waals surface area contributed by atoms with E-state index in [-0.39, 0.29) is 5.38 Å². The number of hydrogen-bond donors (Lipinski definition) is 0. The number of methoxy groups -OCH3 is 1. The summed E-state index contributed by atoms with van der Waals surface area (Å²) in [5.41, 5.74) is 3.37. The molecule has 0 radical (unpaired) electrons. The first-order valence-corrected chi connectivity index (χ1v) is 7.04. The summed E-state index contributed by atoms with van der Waals surface area (Å²) in [7, 11) is 1.60. The molecule has 19 heavy (non-hydrogen) atoms. The van der Waals surface area contributed by atoms with E-state index >= 15 is 0 Å². The molecule has 0 bridgehead atoms. The van der Waals surface area contributed by atoms with Crippen molar-refractivity contribution in [1.29, 1.82) is 0 Å². The maximum Gasteiger partial charge on any atom is 0.137 e.